The predicted octanol–water partition coefficient (Wildman–Crippen LogP) is 2.06. The lowest BCUT2D eigenvalue weighted by molar-refractivity contribution is 0.240. The Balaban J connectivity index is 1.75. The number of thiophene rings is 1. The fraction of sp³-hybridized carbons (Fsp3) is 0.188. The second-order valence-electron chi connectivity index (χ2n) is 4.33. The molecule has 0 radical (unpaired) electrons. The maximum Gasteiger partial charge on any atom is 0.315 e. The molecule has 0 aliphatic heterocycles. The molecule has 0 spiro atoms. The van der Waals surface area contributed by atoms with E-state index in [0.717, 1.165) is 16.0 Å². The minimum atomic E-state index is -0.179. The van der Waals surface area contributed by atoms with Gasteiger partial charge in [0.05, 0.1) is 13.1 Å². The number of urea groups is 1. The third kappa shape index (κ3) is 5.30. The number of rotatable bonds is 4. The highest BCUT2D eigenvalue weighted by molar-refractivity contribution is 7.10. The molecule has 1 aromatic carbocycles. The van der Waals surface area contributed by atoms with Crippen molar-refractivity contribution in [2.45, 2.75) is 13.1 Å². The third-order valence-corrected chi connectivity index (χ3v) is 3.64. The minimum Gasteiger partial charge on any atom is -0.334 e. The molecule has 1 aromatic heterocycles. The number of carbonyl (C=O) groups is 1. The number of nitrogens with two attached hydrogens (primary N) is 1. The Hall–Kier alpha value is -2.29. The first-order chi connectivity index (χ1) is 10.3. The third-order valence-electron chi connectivity index (χ3n) is 2.71. The Morgan fingerprint density at radius 2 is 1.95 bits per heavy atom. The van der Waals surface area contributed by atoms with Gasteiger partial charge in [0.25, 0.3) is 0 Å². The highest BCUT2D eigenvalue weighted by Gasteiger charge is 2.02. The summed E-state index contributed by atoms with van der Waals surface area (Å²) in [6.45, 7) is 1.37. The van der Waals surface area contributed by atoms with Crippen LogP contribution in [0.1, 0.15) is 16.0 Å². The molecular weight excluding hydrogens is 282 g/mol. The molecule has 0 saturated heterocycles. The summed E-state index contributed by atoms with van der Waals surface area (Å²) in [4.78, 5) is 12.8. The lowest BCUT2D eigenvalue weighted by atomic mass is 10.2. The van der Waals surface area contributed by atoms with Gasteiger partial charge < -0.3 is 16.4 Å². The molecule has 0 saturated carbocycles. The van der Waals surface area contributed by atoms with E-state index in [1.807, 2.05) is 41.8 Å². The van der Waals surface area contributed by atoms with E-state index in [-0.39, 0.29) is 6.03 Å². The summed E-state index contributed by atoms with van der Waals surface area (Å²) >= 11 is 1.57. The van der Waals surface area contributed by atoms with Gasteiger partial charge in [-0.05, 0) is 11.6 Å². The van der Waals surface area contributed by atoms with Gasteiger partial charge in [0, 0.05) is 22.4 Å². The Morgan fingerprint density at radius 1 is 1.19 bits per heavy atom. The SMILES string of the molecule is NCC#Cc1csc(CNC(=O)NCc2ccccc2)c1. The molecule has 4 nitrogen and oxygen atoms in total. The number of hydrogen-bond donors (Lipinski definition) is 3. The summed E-state index contributed by atoms with van der Waals surface area (Å²) in [6.07, 6.45) is 0. The van der Waals surface area contributed by atoms with Crippen LogP contribution in [0, 0.1) is 11.8 Å². The van der Waals surface area contributed by atoms with Crippen LogP contribution < -0.4 is 16.4 Å². The van der Waals surface area contributed by atoms with Crippen LogP contribution in [0.3, 0.4) is 0 Å². The van der Waals surface area contributed by atoms with E-state index in [9.17, 15) is 4.79 Å². The van der Waals surface area contributed by atoms with E-state index in [2.05, 4.69) is 22.5 Å². The number of hydrogen-bond acceptors (Lipinski definition) is 3. The van der Waals surface area contributed by atoms with Gasteiger partial charge >= 0.3 is 6.03 Å². The van der Waals surface area contributed by atoms with Crippen LogP contribution >= 0.6 is 11.3 Å². The van der Waals surface area contributed by atoms with E-state index in [4.69, 9.17) is 5.73 Å². The first kappa shape index (κ1) is 15.1. The molecule has 0 aliphatic carbocycles. The molecule has 4 N–H and O–H groups in total. The van der Waals surface area contributed by atoms with Crippen LogP contribution in [-0.2, 0) is 13.1 Å². The molecule has 0 aliphatic rings. The molecule has 2 aromatic rings. The number of carbonyl (C=O) groups excluding carboxylic acids is 1. The molecule has 0 bridgehead atoms. The van der Waals surface area contributed by atoms with E-state index in [0.29, 0.717) is 19.6 Å². The molecule has 2 rings (SSSR count). The number of amides is 2. The molecule has 0 fully saturated rings. The maximum atomic E-state index is 11.7. The fourth-order valence-corrected chi connectivity index (χ4v) is 2.46. The lowest BCUT2D eigenvalue weighted by Crippen LogP contribution is -2.34. The van der Waals surface area contributed by atoms with Crippen molar-refractivity contribution < 1.29 is 4.79 Å². The van der Waals surface area contributed by atoms with Crippen LogP contribution in [0.15, 0.2) is 41.8 Å². The zero-order valence-electron chi connectivity index (χ0n) is 11.6. The van der Waals surface area contributed by atoms with Crippen molar-refractivity contribution in [1.29, 1.82) is 0 Å². The molecule has 21 heavy (non-hydrogen) atoms. The van der Waals surface area contributed by atoms with Crippen molar-refractivity contribution >= 4 is 17.4 Å². The van der Waals surface area contributed by atoms with E-state index < -0.39 is 0 Å². The normalized spacial score (nSPS) is 9.57. The Labute approximate surface area is 128 Å². The largest absolute Gasteiger partial charge is 0.334 e. The fourth-order valence-electron chi connectivity index (χ4n) is 1.70. The van der Waals surface area contributed by atoms with Crippen molar-refractivity contribution in [3.05, 3.63) is 57.8 Å². The van der Waals surface area contributed by atoms with Gasteiger partial charge in [-0.3, -0.25) is 0 Å². The highest BCUT2D eigenvalue weighted by Crippen LogP contribution is 2.13. The first-order valence-corrected chi connectivity index (χ1v) is 7.48. The van der Waals surface area contributed by atoms with Crippen molar-refractivity contribution in [2.24, 2.45) is 5.73 Å². The van der Waals surface area contributed by atoms with Gasteiger partial charge in [0.1, 0.15) is 0 Å². The topological polar surface area (TPSA) is 67.1 Å². The van der Waals surface area contributed by atoms with Gasteiger partial charge in [0.15, 0.2) is 0 Å². The van der Waals surface area contributed by atoms with Crippen LogP contribution in [0.4, 0.5) is 4.79 Å². The Morgan fingerprint density at radius 3 is 2.71 bits per heavy atom. The quantitative estimate of drug-likeness (QED) is 0.757. The number of benzene rings is 1. The zero-order valence-corrected chi connectivity index (χ0v) is 12.4. The van der Waals surface area contributed by atoms with Crippen LogP contribution in [0.5, 0.6) is 0 Å². The highest BCUT2D eigenvalue weighted by atomic mass is 32.1. The van der Waals surface area contributed by atoms with Crippen molar-refractivity contribution in [3.8, 4) is 11.8 Å². The molecular formula is C16H17N3OS. The average Bonchev–Trinajstić information content (AvgIpc) is 2.98. The second-order valence-corrected chi connectivity index (χ2v) is 5.33. The van der Waals surface area contributed by atoms with Gasteiger partial charge in [-0.25, -0.2) is 4.79 Å². The Kier molecular flexibility index (Phi) is 5.83. The maximum absolute atomic E-state index is 11.7. The first-order valence-electron chi connectivity index (χ1n) is 6.60. The summed E-state index contributed by atoms with van der Waals surface area (Å²) in [5, 5.41) is 7.61. The van der Waals surface area contributed by atoms with Crippen LogP contribution in [-0.4, -0.2) is 12.6 Å². The summed E-state index contributed by atoms with van der Waals surface area (Å²) in [7, 11) is 0. The van der Waals surface area contributed by atoms with Crippen LogP contribution in [0.2, 0.25) is 0 Å². The summed E-state index contributed by atoms with van der Waals surface area (Å²) in [5.74, 6) is 5.77. The predicted molar refractivity (Wildman–Crippen MR) is 85.8 cm³/mol. The van der Waals surface area contributed by atoms with Crippen molar-refractivity contribution in [2.75, 3.05) is 6.54 Å². The van der Waals surface area contributed by atoms with Gasteiger partial charge in [-0.2, -0.15) is 0 Å². The average molecular weight is 299 g/mol. The lowest BCUT2D eigenvalue weighted by Gasteiger charge is -2.06. The standard InChI is InChI=1S/C16H17N3OS/c17-8-4-7-14-9-15(21-12-14)11-19-16(20)18-10-13-5-2-1-3-6-13/h1-3,5-6,9,12H,8,10-11,17H2,(H2,18,19,20). The van der Waals surface area contributed by atoms with Crippen LogP contribution in [0.25, 0.3) is 0 Å². The summed E-state index contributed by atoms with van der Waals surface area (Å²) < 4.78 is 0. The van der Waals surface area contributed by atoms with E-state index >= 15 is 0 Å². The van der Waals surface area contributed by atoms with Gasteiger partial charge in [-0.1, -0.05) is 42.2 Å². The smallest absolute Gasteiger partial charge is 0.315 e. The molecule has 108 valence electrons. The number of nitrogens with one attached hydrogen (secondary N) is 2. The van der Waals surface area contributed by atoms with Gasteiger partial charge in [0.2, 0.25) is 0 Å². The second kappa shape index (κ2) is 8.10. The van der Waals surface area contributed by atoms with E-state index in [1.54, 1.807) is 11.3 Å². The van der Waals surface area contributed by atoms with Crippen molar-refractivity contribution in [1.82, 2.24) is 10.6 Å². The molecule has 0 unspecified atom stereocenters. The minimum absolute atomic E-state index is 0.179. The molecule has 2 amide bonds. The molecule has 0 atom stereocenters. The Bertz CT molecular complexity index is 640. The molecule has 5 heteroatoms. The van der Waals surface area contributed by atoms with Crippen molar-refractivity contribution in [3.63, 3.8) is 0 Å². The monoisotopic (exact) mass is 299 g/mol. The zero-order chi connectivity index (χ0) is 14.9. The van der Waals surface area contributed by atoms with E-state index in [1.165, 1.54) is 0 Å². The van der Waals surface area contributed by atoms with Gasteiger partial charge in [-0.15, -0.1) is 11.3 Å². The molecule has 1 heterocycles. The summed E-state index contributed by atoms with van der Waals surface area (Å²) in [6, 6.07) is 11.6. The summed E-state index contributed by atoms with van der Waals surface area (Å²) in [5.41, 5.74) is 7.34.